The molecule has 0 fully saturated rings. The second kappa shape index (κ2) is 3.38. The van der Waals surface area contributed by atoms with E-state index >= 15 is 0 Å². The largest absolute Gasteiger partial charge is 0.481 e. The van der Waals surface area contributed by atoms with Gasteiger partial charge in [0, 0.05) is 12.0 Å². The highest BCUT2D eigenvalue weighted by atomic mass is 16.4. The SMILES string of the molecule is Cc1cccc2c1C(C(=O)O)C/C2=N/O. The van der Waals surface area contributed by atoms with Crippen molar-refractivity contribution in [3.05, 3.63) is 34.9 Å². The lowest BCUT2D eigenvalue weighted by Crippen LogP contribution is -2.09. The summed E-state index contributed by atoms with van der Waals surface area (Å²) >= 11 is 0. The Kier molecular flexibility index (Phi) is 2.19. The molecule has 0 aromatic heterocycles. The van der Waals surface area contributed by atoms with Gasteiger partial charge in [-0.15, -0.1) is 0 Å². The van der Waals surface area contributed by atoms with Gasteiger partial charge in [-0.3, -0.25) is 4.79 Å². The van der Waals surface area contributed by atoms with Crippen molar-refractivity contribution in [3.63, 3.8) is 0 Å². The van der Waals surface area contributed by atoms with Crippen LogP contribution < -0.4 is 0 Å². The van der Waals surface area contributed by atoms with Gasteiger partial charge in [0.15, 0.2) is 0 Å². The van der Waals surface area contributed by atoms with E-state index in [2.05, 4.69) is 5.16 Å². The van der Waals surface area contributed by atoms with Crippen molar-refractivity contribution < 1.29 is 15.1 Å². The number of fused-ring (bicyclic) bond motifs is 1. The van der Waals surface area contributed by atoms with E-state index in [0.717, 1.165) is 16.7 Å². The summed E-state index contributed by atoms with van der Waals surface area (Å²) in [5.74, 6) is -1.45. The molecule has 0 bridgehead atoms. The molecule has 1 aromatic carbocycles. The molecule has 1 aliphatic rings. The molecule has 0 saturated heterocycles. The number of carbonyl (C=O) groups is 1. The second-order valence-corrected chi connectivity index (χ2v) is 3.68. The van der Waals surface area contributed by atoms with Crippen molar-refractivity contribution in [1.82, 2.24) is 0 Å². The molecule has 78 valence electrons. The molecule has 1 unspecified atom stereocenters. The summed E-state index contributed by atoms with van der Waals surface area (Å²) in [6, 6.07) is 5.50. The first-order valence-electron chi connectivity index (χ1n) is 4.68. The molecule has 4 nitrogen and oxygen atoms in total. The van der Waals surface area contributed by atoms with Gasteiger partial charge in [-0.25, -0.2) is 0 Å². The monoisotopic (exact) mass is 205 g/mol. The van der Waals surface area contributed by atoms with Crippen molar-refractivity contribution in [2.45, 2.75) is 19.3 Å². The molecule has 1 atom stereocenters. The lowest BCUT2D eigenvalue weighted by Gasteiger charge is -2.07. The molecule has 15 heavy (non-hydrogen) atoms. The quantitative estimate of drug-likeness (QED) is 0.542. The van der Waals surface area contributed by atoms with Crippen LogP contribution in [0.3, 0.4) is 0 Å². The van der Waals surface area contributed by atoms with Crippen LogP contribution in [-0.4, -0.2) is 22.0 Å². The minimum absolute atomic E-state index is 0.270. The highest BCUT2D eigenvalue weighted by Crippen LogP contribution is 2.35. The topological polar surface area (TPSA) is 69.9 Å². The Bertz CT molecular complexity index is 451. The fourth-order valence-electron chi connectivity index (χ4n) is 2.11. The van der Waals surface area contributed by atoms with E-state index < -0.39 is 11.9 Å². The number of nitrogens with zero attached hydrogens (tertiary/aromatic N) is 1. The third kappa shape index (κ3) is 1.38. The van der Waals surface area contributed by atoms with E-state index in [1.54, 1.807) is 6.07 Å². The van der Waals surface area contributed by atoms with Crippen LogP contribution in [-0.2, 0) is 4.79 Å². The Morgan fingerprint density at radius 2 is 2.27 bits per heavy atom. The van der Waals surface area contributed by atoms with Crippen LogP contribution in [0.1, 0.15) is 29.0 Å². The van der Waals surface area contributed by atoms with E-state index in [0.29, 0.717) is 5.71 Å². The number of aliphatic carboxylic acids is 1. The van der Waals surface area contributed by atoms with Gasteiger partial charge >= 0.3 is 5.97 Å². The third-order valence-corrected chi connectivity index (χ3v) is 2.80. The summed E-state index contributed by atoms with van der Waals surface area (Å²) < 4.78 is 0. The minimum Gasteiger partial charge on any atom is -0.481 e. The third-order valence-electron chi connectivity index (χ3n) is 2.80. The van der Waals surface area contributed by atoms with E-state index in [1.165, 1.54) is 0 Å². The van der Waals surface area contributed by atoms with Gasteiger partial charge in [0.05, 0.1) is 11.6 Å². The average molecular weight is 205 g/mol. The summed E-state index contributed by atoms with van der Waals surface area (Å²) in [5.41, 5.74) is 2.92. The molecule has 0 amide bonds. The lowest BCUT2D eigenvalue weighted by atomic mass is 9.97. The van der Waals surface area contributed by atoms with Crippen LogP contribution in [0.25, 0.3) is 0 Å². The molecular weight excluding hydrogens is 194 g/mol. The predicted molar refractivity (Wildman–Crippen MR) is 54.5 cm³/mol. The zero-order chi connectivity index (χ0) is 11.0. The molecule has 0 heterocycles. The van der Waals surface area contributed by atoms with Gasteiger partial charge in [-0.2, -0.15) is 0 Å². The standard InChI is InChI=1S/C11H11NO3/c1-6-3-2-4-7-9(12-15)5-8(10(6)7)11(13)14/h2-4,8,15H,5H2,1H3,(H,13,14)/b12-9-. The van der Waals surface area contributed by atoms with Crippen molar-refractivity contribution in [2.24, 2.45) is 5.16 Å². The van der Waals surface area contributed by atoms with Crippen LogP contribution in [0.5, 0.6) is 0 Å². The Hall–Kier alpha value is -1.84. The first-order valence-corrected chi connectivity index (χ1v) is 4.68. The smallest absolute Gasteiger partial charge is 0.311 e. The number of carboxylic acids is 1. The van der Waals surface area contributed by atoms with E-state index in [9.17, 15) is 4.79 Å². The van der Waals surface area contributed by atoms with Crippen molar-refractivity contribution in [2.75, 3.05) is 0 Å². The Morgan fingerprint density at radius 1 is 1.53 bits per heavy atom. The van der Waals surface area contributed by atoms with Gasteiger partial charge in [0.1, 0.15) is 0 Å². The maximum atomic E-state index is 11.0. The fraction of sp³-hybridized carbons (Fsp3) is 0.273. The van der Waals surface area contributed by atoms with Gasteiger partial charge in [-0.05, 0) is 18.1 Å². The van der Waals surface area contributed by atoms with Gasteiger partial charge < -0.3 is 10.3 Å². The number of rotatable bonds is 1. The van der Waals surface area contributed by atoms with Crippen molar-refractivity contribution in [1.29, 1.82) is 0 Å². The van der Waals surface area contributed by atoms with Crippen LogP contribution in [0.4, 0.5) is 0 Å². The predicted octanol–water partition coefficient (Wildman–Crippen LogP) is 1.75. The average Bonchev–Trinajstić information content (AvgIpc) is 2.58. The molecule has 1 aliphatic carbocycles. The number of aryl methyl sites for hydroxylation is 1. The number of hydrogen-bond donors (Lipinski definition) is 2. The van der Waals surface area contributed by atoms with Crippen LogP contribution in [0.2, 0.25) is 0 Å². The fourth-order valence-corrected chi connectivity index (χ4v) is 2.11. The number of carboxylic acid groups (broad SMARTS) is 1. The van der Waals surface area contributed by atoms with Gasteiger partial charge in [-0.1, -0.05) is 23.4 Å². The van der Waals surface area contributed by atoms with Gasteiger partial charge in [0.25, 0.3) is 0 Å². The summed E-state index contributed by atoms with van der Waals surface area (Å²) in [4.78, 5) is 11.0. The molecular formula is C11H11NO3. The Balaban J connectivity index is 2.63. The van der Waals surface area contributed by atoms with Crippen molar-refractivity contribution >= 4 is 11.7 Å². The zero-order valence-electron chi connectivity index (χ0n) is 8.27. The minimum atomic E-state index is -0.871. The van der Waals surface area contributed by atoms with E-state index in [1.807, 2.05) is 19.1 Å². The zero-order valence-corrected chi connectivity index (χ0v) is 8.27. The molecule has 2 N–H and O–H groups in total. The van der Waals surface area contributed by atoms with Crippen LogP contribution >= 0.6 is 0 Å². The second-order valence-electron chi connectivity index (χ2n) is 3.68. The summed E-state index contributed by atoms with van der Waals surface area (Å²) in [5, 5.41) is 21.0. The molecule has 4 heteroatoms. The first kappa shape index (κ1) is 9.71. The highest BCUT2D eigenvalue weighted by molar-refractivity contribution is 6.09. The summed E-state index contributed by atoms with van der Waals surface area (Å²) in [7, 11) is 0. The van der Waals surface area contributed by atoms with Crippen LogP contribution in [0.15, 0.2) is 23.4 Å². The van der Waals surface area contributed by atoms with E-state index in [4.69, 9.17) is 10.3 Å². The molecule has 0 radical (unpaired) electrons. The van der Waals surface area contributed by atoms with Gasteiger partial charge in [0.2, 0.25) is 0 Å². The Labute approximate surface area is 86.8 Å². The molecule has 0 spiro atoms. The lowest BCUT2D eigenvalue weighted by molar-refractivity contribution is -0.138. The first-order chi connectivity index (χ1) is 7.15. The van der Waals surface area contributed by atoms with Crippen LogP contribution in [0, 0.1) is 6.92 Å². The summed E-state index contributed by atoms with van der Waals surface area (Å²) in [6.07, 6.45) is 0.270. The number of oxime groups is 1. The van der Waals surface area contributed by atoms with E-state index in [-0.39, 0.29) is 6.42 Å². The maximum Gasteiger partial charge on any atom is 0.311 e. The molecule has 0 aliphatic heterocycles. The Morgan fingerprint density at radius 3 is 2.87 bits per heavy atom. The van der Waals surface area contributed by atoms with Crippen molar-refractivity contribution in [3.8, 4) is 0 Å². The summed E-state index contributed by atoms with van der Waals surface area (Å²) in [6.45, 7) is 1.87. The number of benzene rings is 1. The molecule has 1 aromatic rings. The highest BCUT2D eigenvalue weighted by Gasteiger charge is 2.34. The normalized spacial score (nSPS) is 21.7. The molecule has 2 rings (SSSR count). The number of hydrogen-bond acceptors (Lipinski definition) is 3. The molecule has 0 saturated carbocycles. The maximum absolute atomic E-state index is 11.0.